The summed E-state index contributed by atoms with van der Waals surface area (Å²) in [7, 11) is 0. The van der Waals surface area contributed by atoms with E-state index in [1.165, 1.54) is 30.5 Å². The molecule has 0 radical (unpaired) electrons. The number of hydrogen-bond donors (Lipinski definition) is 1. The topological polar surface area (TPSA) is 68.3 Å². The van der Waals surface area contributed by atoms with Crippen LogP contribution in [0.4, 0.5) is 23.4 Å². The number of ketones is 1. The first kappa shape index (κ1) is 24.7. The van der Waals surface area contributed by atoms with Crippen LogP contribution in [0.15, 0.2) is 54.7 Å². The number of Topliss-reactive ketones (excluding diaryl/α,β-unsaturated/α-hetero) is 1. The van der Waals surface area contributed by atoms with E-state index in [0.29, 0.717) is 11.4 Å². The van der Waals surface area contributed by atoms with Crippen molar-refractivity contribution in [2.45, 2.75) is 31.9 Å². The van der Waals surface area contributed by atoms with E-state index in [-0.39, 0.29) is 52.5 Å². The smallest absolute Gasteiger partial charge is 0.416 e. The molecule has 0 atom stereocenters. The molecule has 3 aromatic rings. The Labute approximate surface area is 203 Å². The second kappa shape index (κ2) is 10.0. The van der Waals surface area contributed by atoms with Crippen molar-refractivity contribution >= 4 is 29.1 Å². The van der Waals surface area contributed by atoms with Crippen LogP contribution in [0.3, 0.4) is 0 Å². The quantitative estimate of drug-likeness (QED) is 0.360. The number of hydrogen-bond acceptors (Lipinski definition) is 4. The molecule has 1 fully saturated rings. The van der Waals surface area contributed by atoms with Crippen molar-refractivity contribution in [3.8, 4) is 11.5 Å². The molecule has 0 saturated heterocycles. The molecule has 1 aliphatic carbocycles. The lowest BCUT2D eigenvalue weighted by Crippen LogP contribution is -2.14. The molecule has 1 aliphatic rings. The van der Waals surface area contributed by atoms with Gasteiger partial charge in [-0.15, -0.1) is 0 Å². The number of pyridine rings is 1. The van der Waals surface area contributed by atoms with Gasteiger partial charge in [-0.3, -0.25) is 9.59 Å². The lowest BCUT2D eigenvalue weighted by Gasteiger charge is -2.11. The molecule has 1 saturated carbocycles. The Bertz CT molecular complexity index is 1280. The number of aromatic nitrogens is 1. The molecule has 0 bridgehead atoms. The summed E-state index contributed by atoms with van der Waals surface area (Å²) in [5, 5.41) is 2.52. The molecule has 1 amide bonds. The van der Waals surface area contributed by atoms with E-state index < -0.39 is 17.6 Å². The highest BCUT2D eigenvalue weighted by Gasteiger charge is 2.31. The second-order valence-corrected chi connectivity index (χ2v) is 8.61. The molecule has 1 aromatic heterocycles. The molecule has 5 nitrogen and oxygen atoms in total. The first-order valence-corrected chi connectivity index (χ1v) is 11.1. The molecule has 0 spiro atoms. The predicted octanol–water partition coefficient (Wildman–Crippen LogP) is 6.39. The predicted molar refractivity (Wildman–Crippen MR) is 121 cm³/mol. The third kappa shape index (κ3) is 6.57. The number of anilines is 1. The summed E-state index contributed by atoms with van der Waals surface area (Å²) in [4.78, 5) is 28.3. The summed E-state index contributed by atoms with van der Waals surface area (Å²) < 4.78 is 58.5. The zero-order valence-electron chi connectivity index (χ0n) is 18.2. The fraction of sp³-hybridized carbons (Fsp3) is 0.240. The van der Waals surface area contributed by atoms with E-state index in [0.717, 1.165) is 37.1 Å². The summed E-state index contributed by atoms with van der Waals surface area (Å²) >= 11 is 5.91. The average molecular weight is 507 g/mol. The van der Waals surface area contributed by atoms with Crippen molar-refractivity contribution in [2.24, 2.45) is 5.92 Å². The van der Waals surface area contributed by atoms with Crippen LogP contribution in [0.1, 0.15) is 29.5 Å². The standard InChI is InChI=1S/C25H19ClF4N2O3/c26-20-12-17(25(28,29)30)5-4-16(20)11-18(33)9-14-1-6-22(21(27)10-14)35-19-7-8-31-23(13-19)32-24(34)15-2-3-15/h1,4-8,10,12-13,15H,2-3,9,11H2,(H,31,32,34). The maximum atomic E-state index is 14.6. The number of benzene rings is 2. The normalized spacial score (nSPS) is 13.4. The van der Waals surface area contributed by atoms with Crippen molar-refractivity contribution in [1.29, 1.82) is 0 Å². The van der Waals surface area contributed by atoms with Crippen molar-refractivity contribution in [1.82, 2.24) is 4.98 Å². The Morgan fingerprint density at radius 3 is 2.49 bits per heavy atom. The second-order valence-electron chi connectivity index (χ2n) is 8.20. The van der Waals surface area contributed by atoms with Crippen molar-refractivity contribution in [2.75, 3.05) is 5.32 Å². The Kier molecular flexibility index (Phi) is 7.07. The first-order chi connectivity index (χ1) is 16.6. The van der Waals surface area contributed by atoms with Crippen LogP contribution < -0.4 is 10.1 Å². The van der Waals surface area contributed by atoms with Gasteiger partial charge in [0.25, 0.3) is 0 Å². The van der Waals surface area contributed by atoms with E-state index in [1.54, 1.807) is 0 Å². The maximum absolute atomic E-state index is 14.6. The minimum atomic E-state index is -4.53. The van der Waals surface area contributed by atoms with Crippen LogP contribution >= 0.6 is 11.6 Å². The highest BCUT2D eigenvalue weighted by atomic mass is 35.5. The molecule has 0 aliphatic heterocycles. The first-order valence-electron chi connectivity index (χ1n) is 10.7. The van der Waals surface area contributed by atoms with Gasteiger partial charge in [0, 0.05) is 36.0 Å². The molecule has 35 heavy (non-hydrogen) atoms. The molecule has 0 unspecified atom stereocenters. The summed E-state index contributed by atoms with van der Waals surface area (Å²) in [6, 6.07) is 9.82. The molecular weight excluding hydrogens is 488 g/mol. The SMILES string of the molecule is O=C(Cc1ccc(Oc2ccnc(NC(=O)C3CC3)c2)c(F)c1)Cc1ccc(C(F)(F)F)cc1Cl. The molecule has 2 aromatic carbocycles. The summed E-state index contributed by atoms with van der Waals surface area (Å²) in [5.74, 6) is -0.683. The van der Waals surface area contributed by atoms with Gasteiger partial charge in [-0.1, -0.05) is 23.7 Å². The van der Waals surface area contributed by atoms with Crippen LogP contribution in [0.5, 0.6) is 11.5 Å². The van der Waals surface area contributed by atoms with Crippen molar-refractivity contribution < 1.29 is 31.9 Å². The summed E-state index contributed by atoms with van der Waals surface area (Å²) in [5.41, 5.74) is -0.273. The minimum Gasteiger partial charge on any atom is -0.454 e. The van der Waals surface area contributed by atoms with E-state index >= 15 is 0 Å². The highest BCUT2D eigenvalue weighted by Crippen LogP contribution is 2.33. The van der Waals surface area contributed by atoms with Gasteiger partial charge in [-0.25, -0.2) is 9.37 Å². The Morgan fingerprint density at radius 1 is 1.06 bits per heavy atom. The van der Waals surface area contributed by atoms with Crippen molar-refractivity contribution in [3.63, 3.8) is 0 Å². The Balaban J connectivity index is 1.38. The van der Waals surface area contributed by atoms with Crippen LogP contribution in [0, 0.1) is 11.7 Å². The molecular formula is C25H19ClF4N2O3. The number of nitrogens with zero attached hydrogens (tertiary/aromatic N) is 1. The Hall–Kier alpha value is -3.46. The fourth-order valence-corrected chi connectivity index (χ4v) is 3.60. The van der Waals surface area contributed by atoms with E-state index in [9.17, 15) is 27.2 Å². The summed E-state index contributed by atoms with van der Waals surface area (Å²) in [6.07, 6.45) is -1.74. The fourth-order valence-electron chi connectivity index (χ4n) is 3.35. The number of alkyl halides is 3. The number of ether oxygens (including phenoxy) is 1. The third-order valence-electron chi connectivity index (χ3n) is 5.32. The lowest BCUT2D eigenvalue weighted by atomic mass is 10.0. The number of carbonyl (C=O) groups excluding carboxylic acids is 2. The van der Waals surface area contributed by atoms with Crippen LogP contribution in [0.2, 0.25) is 5.02 Å². The van der Waals surface area contributed by atoms with Gasteiger partial charge >= 0.3 is 6.18 Å². The van der Waals surface area contributed by atoms with Gasteiger partial charge < -0.3 is 10.1 Å². The third-order valence-corrected chi connectivity index (χ3v) is 5.68. The number of nitrogens with one attached hydrogen (secondary N) is 1. The highest BCUT2D eigenvalue weighted by molar-refractivity contribution is 6.31. The van der Waals surface area contributed by atoms with E-state index in [1.807, 2.05) is 0 Å². The monoisotopic (exact) mass is 506 g/mol. The largest absolute Gasteiger partial charge is 0.454 e. The van der Waals surface area contributed by atoms with Gasteiger partial charge in [0.1, 0.15) is 17.4 Å². The van der Waals surface area contributed by atoms with Crippen LogP contribution in [0.25, 0.3) is 0 Å². The lowest BCUT2D eigenvalue weighted by molar-refractivity contribution is -0.137. The molecule has 182 valence electrons. The molecule has 1 N–H and O–H groups in total. The van der Waals surface area contributed by atoms with Gasteiger partial charge in [0.2, 0.25) is 5.91 Å². The summed E-state index contributed by atoms with van der Waals surface area (Å²) in [6.45, 7) is 0. The van der Waals surface area contributed by atoms with E-state index in [2.05, 4.69) is 10.3 Å². The number of rotatable bonds is 8. The van der Waals surface area contributed by atoms with Crippen molar-refractivity contribution in [3.05, 3.63) is 82.3 Å². The maximum Gasteiger partial charge on any atom is 0.416 e. The number of amides is 1. The Morgan fingerprint density at radius 2 is 1.83 bits per heavy atom. The van der Waals surface area contributed by atoms with Gasteiger partial charge in [-0.05, 0) is 54.3 Å². The van der Waals surface area contributed by atoms with E-state index in [4.69, 9.17) is 16.3 Å². The zero-order chi connectivity index (χ0) is 25.2. The van der Waals surface area contributed by atoms with Gasteiger partial charge in [0.05, 0.1) is 5.56 Å². The van der Waals surface area contributed by atoms with Crippen LogP contribution in [-0.2, 0) is 28.6 Å². The average Bonchev–Trinajstić information content (AvgIpc) is 3.62. The van der Waals surface area contributed by atoms with Gasteiger partial charge in [-0.2, -0.15) is 13.2 Å². The molecule has 1 heterocycles. The number of carbonyl (C=O) groups is 2. The zero-order valence-corrected chi connectivity index (χ0v) is 18.9. The molecule has 4 rings (SSSR count). The van der Waals surface area contributed by atoms with Gasteiger partial charge in [0.15, 0.2) is 11.6 Å². The number of halogens is 5. The van der Waals surface area contributed by atoms with Crippen LogP contribution in [-0.4, -0.2) is 16.7 Å². The molecule has 10 heteroatoms. The minimum absolute atomic E-state index is 0.00403.